The predicted octanol–water partition coefficient (Wildman–Crippen LogP) is 4.01. The maximum Gasteiger partial charge on any atom is 0.410 e. The van der Waals surface area contributed by atoms with E-state index in [4.69, 9.17) is 0 Å². The fraction of sp³-hybridized carbons (Fsp3) is 0.143. The Morgan fingerprint density at radius 1 is 1.23 bits per heavy atom. The van der Waals surface area contributed by atoms with E-state index in [0.717, 1.165) is 4.90 Å². The first kappa shape index (κ1) is 11.2. The molecule has 1 aromatic carbocycles. The van der Waals surface area contributed by atoms with Crippen LogP contribution >= 0.6 is 34.4 Å². The van der Waals surface area contributed by atoms with Gasteiger partial charge < -0.3 is 0 Å². The highest BCUT2D eigenvalue weighted by Gasteiger charge is 2.35. The first-order valence-electron chi connectivity index (χ1n) is 3.51. The Kier molecular flexibility index (Phi) is 4.40. The molecule has 0 radical (unpaired) electrons. The second-order valence-corrected chi connectivity index (χ2v) is 13.4. The Labute approximate surface area is 85.1 Å². The van der Waals surface area contributed by atoms with Crippen molar-refractivity contribution in [2.45, 2.75) is 4.90 Å². The van der Waals surface area contributed by atoms with Crippen LogP contribution in [0, 0.1) is 0 Å². The van der Waals surface area contributed by atoms with Gasteiger partial charge in [-0.15, -0.1) is 0 Å². The number of hydrogen-bond donors (Lipinski definition) is 0. The van der Waals surface area contributed by atoms with Gasteiger partial charge in [-0.05, 0) is 12.1 Å². The lowest BCUT2D eigenvalue weighted by Crippen LogP contribution is -1.81. The summed E-state index contributed by atoms with van der Waals surface area (Å²) in [7, 11) is -0.988. The van der Waals surface area contributed by atoms with E-state index in [-0.39, 0.29) is 0 Å². The third kappa shape index (κ3) is 2.78. The topological polar surface area (TPSA) is 34.1 Å². The minimum atomic E-state index is -1.42. The van der Waals surface area contributed by atoms with Gasteiger partial charge in [-0.25, -0.2) is 0 Å². The van der Waals surface area contributed by atoms with E-state index in [1.807, 2.05) is 36.6 Å². The molecule has 70 valence electrons. The fourth-order valence-electron chi connectivity index (χ4n) is 0.861. The first-order chi connectivity index (χ1) is 6.23. The van der Waals surface area contributed by atoms with Crippen LogP contribution in [-0.4, -0.2) is 6.26 Å². The number of hydrogen-bond acceptors (Lipinski definition) is 3. The van der Waals surface area contributed by atoms with E-state index in [1.54, 1.807) is 0 Å². The van der Waals surface area contributed by atoms with Crippen molar-refractivity contribution in [3.8, 4) is 0 Å². The molecule has 0 heterocycles. The molecular formula is C7H10O2P2S2+2. The lowest BCUT2D eigenvalue weighted by Gasteiger charge is -2.11. The molecule has 0 aliphatic carbocycles. The fourth-order valence-corrected chi connectivity index (χ4v) is 7.96. The molecular weight excluding hydrogens is 242 g/mol. The Bertz CT molecular complexity index is 307. The van der Waals surface area contributed by atoms with Gasteiger partial charge in [0, 0.05) is 11.2 Å². The quantitative estimate of drug-likeness (QED) is 0.599. The summed E-state index contributed by atoms with van der Waals surface area (Å²) in [5, 5.41) is 0. The minimum Gasteiger partial charge on any atom is -0.0629 e. The summed E-state index contributed by atoms with van der Waals surface area (Å²) in [5.74, 6) is 0. The van der Waals surface area contributed by atoms with Gasteiger partial charge in [-0.2, -0.15) is 0 Å². The molecule has 0 aromatic heterocycles. The van der Waals surface area contributed by atoms with Crippen LogP contribution in [0.4, 0.5) is 0 Å². The van der Waals surface area contributed by atoms with Crippen molar-refractivity contribution in [1.82, 2.24) is 0 Å². The molecule has 1 aromatic rings. The molecule has 0 saturated heterocycles. The van der Waals surface area contributed by atoms with E-state index in [2.05, 4.69) is 0 Å². The van der Waals surface area contributed by atoms with Crippen molar-refractivity contribution in [3.05, 3.63) is 30.3 Å². The summed E-state index contributed by atoms with van der Waals surface area (Å²) in [6, 6.07) is 9.62. The largest absolute Gasteiger partial charge is 0.410 e. The van der Waals surface area contributed by atoms with Gasteiger partial charge in [-0.3, -0.25) is 0 Å². The maximum absolute atomic E-state index is 11.1. The van der Waals surface area contributed by atoms with Crippen LogP contribution in [0.3, 0.4) is 0 Å². The van der Waals surface area contributed by atoms with E-state index >= 15 is 0 Å². The molecule has 0 saturated carbocycles. The zero-order valence-electron chi connectivity index (χ0n) is 7.02. The van der Waals surface area contributed by atoms with E-state index in [9.17, 15) is 9.13 Å². The van der Waals surface area contributed by atoms with Crippen molar-refractivity contribution >= 4 is 34.4 Å². The van der Waals surface area contributed by atoms with Gasteiger partial charge in [-0.1, -0.05) is 27.3 Å². The zero-order valence-corrected chi connectivity index (χ0v) is 10.7. The summed E-state index contributed by atoms with van der Waals surface area (Å²) in [6.07, 6.45) is 1.92. The lowest BCUT2D eigenvalue weighted by molar-refractivity contribution is 0.604. The van der Waals surface area contributed by atoms with Crippen LogP contribution in [0.15, 0.2) is 35.2 Å². The van der Waals surface area contributed by atoms with E-state index in [0.29, 0.717) is 0 Å². The van der Waals surface area contributed by atoms with Crippen molar-refractivity contribution in [1.29, 1.82) is 0 Å². The van der Waals surface area contributed by atoms with Crippen LogP contribution < -0.4 is 0 Å². The highest BCUT2D eigenvalue weighted by molar-refractivity contribution is 9.21. The van der Waals surface area contributed by atoms with Gasteiger partial charge in [0.05, 0.1) is 8.68 Å². The number of benzene rings is 1. The van der Waals surface area contributed by atoms with E-state index in [1.165, 1.54) is 10.4 Å². The Morgan fingerprint density at radius 2 is 1.85 bits per heavy atom. The van der Waals surface area contributed by atoms with Crippen LogP contribution in [0.25, 0.3) is 0 Å². The first-order valence-corrected chi connectivity index (χ1v) is 10.1. The molecule has 0 aliphatic rings. The van der Waals surface area contributed by atoms with Gasteiger partial charge in [0.2, 0.25) is 10.4 Å². The lowest BCUT2D eigenvalue weighted by atomic mass is 10.4. The van der Waals surface area contributed by atoms with Gasteiger partial charge >= 0.3 is 15.3 Å². The summed E-state index contributed by atoms with van der Waals surface area (Å²) in [5.41, 5.74) is 0. The molecule has 0 bridgehead atoms. The molecule has 3 unspecified atom stereocenters. The second-order valence-electron chi connectivity index (χ2n) is 2.41. The molecule has 6 heteroatoms. The third-order valence-electron chi connectivity index (χ3n) is 1.55. The number of rotatable bonds is 4. The second kappa shape index (κ2) is 5.11. The van der Waals surface area contributed by atoms with E-state index < -0.39 is 24.0 Å². The average Bonchev–Trinajstić information content (AvgIpc) is 2.19. The monoisotopic (exact) mass is 252 g/mol. The molecule has 0 fully saturated rings. The van der Waals surface area contributed by atoms with Crippen LogP contribution in [-0.2, 0) is 9.13 Å². The molecule has 0 spiro atoms. The normalized spacial score (nSPS) is 18.2. The summed E-state index contributed by atoms with van der Waals surface area (Å²) in [6.45, 7) is 0. The van der Waals surface area contributed by atoms with Gasteiger partial charge in [0.1, 0.15) is 0 Å². The Morgan fingerprint density at radius 3 is 2.31 bits per heavy atom. The Hall–Kier alpha value is 0.120. The third-order valence-corrected chi connectivity index (χ3v) is 13.4. The smallest absolute Gasteiger partial charge is 0.0629 e. The maximum atomic E-state index is 11.1. The van der Waals surface area contributed by atoms with Crippen molar-refractivity contribution in [3.63, 3.8) is 0 Å². The van der Waals surface area contributed by atoms with Crippen LogP contribution in [0.5, 0.6) is 0 Å². The standard InChI is InChI=1S/C7H8O2P2S2/c1-13(11-9,12-10-8)7-5-3-2-4-6-7/h2-6H,1H3/p+2. The SMILES string of the molecule is CS([PH+]=O)(S[PH+]=O)c1ccccc1. The summed E-state index contributed by atoms with van der Waals surface area (Å²) < 4.78 is 21.6. The van der Waals surface area contributed by atoms with Crippen molar-refractivity contribution < 1.29 is 9.13 Å². The molecule has 3 atom stereocenters. The molecule has 2 nitrogen and oxygen atoms in total. The molecule has 13 heavy (non-hydrogen) atoms. The van der Waals surface area contributed by atoms with Gasteiger partial charge in [0.15, 0.2) is 0 Å². The summed E-state index contributed by atoms with van der Waals surface area (Å²) >= 11 is 0. The molecule has 0 N–H and O–H groups in total. The Balaban J connectivity index is 3.02. The van der Waals surface area contributed by atoms with Crippen LogP contribution in [0.1, 0.15) is 0 Å². The van der Waals surface area contributed by atoms with Crippen LogP contribution in [0.2, 0.25) is 0 Å². The zero-order chi connectivity index (χ0) is 9.73. The van der Waals surface area contributed by atoms with Crippen molar-refractivity contribution in [2.24, 2.45) is 0 Å². The predicted molar refractivity (Wildman–Crippen MR) is 63.8 cm³/mol. The summed E-state index contributed by atoms with van der Waals surface area (Å²) in [4.78, 5) is 1.04. The molecule has 0 aliphatic heterocycles. The highest BCUT2D eigenvalue weighted by Crippen LogP contribution is 2.75. The highest BCUT2D eigenvalue weighted by atomic mass is 33.5. The average molecular weight is 252 g/mol. The molecule has 0 amide bonds. The minimum absolute atomic E-state index is 0.411. The molecule has 1 rings (SSSR count). The van der Waals surface area contributed by atoms with Crippen molar-refractivity contribution in [2.75, 3.05) is 6.26 Å². The van der Waals surface area contributed by atoms with Gasteiger partial charge in [0.25, 0.3) is 0 Å².